The minimum absolute atomic E-state index is 0.233. The van der Waals surface area contributed by atoms with E-state index in [1.54, 1.807) is 24.8 Å². The number of imidazole rings is 1. The minimum atomic E-state index is 0.233. The summed E-state index contributed by atoms with van der Waals surface area (Å²) in [5.74, 6) is 1.36. The van der Waals surface area contributed by atoms with Gasteiger partial charge in [0.15, 0.2) is 5.13 Å². The Labute approximate surface area is 206 Å². The SMILES string of the molecule is COc1cc(Nc2nc([C@H](CC(C)C)NCCc3ccccc3)cs2)ccc1-n1cnc(C)c1. The van der Waals surface area contributed by atoms with Gasteiger partial charge in [-0.3, -0.25) is 0 Å². The molecule has 0 aliphatic heterocycles. The Bertz CT molecular complexity index is 1180. The average Bonchev–Trinajstić information content (AvgIpc) is 3.48. The number of hydrogen-bond donors (Lipinski definition) is 2. The third-order valence-corrected chi connectivity index (χ3v) is 6.43. The zero-order valence-electron chi connectivity index (χ0n) is 20.3. The minimum Gasteiger partial charge on any atom is -0.494 e. The summed E-state index contributed by atoms with van der Waals surface area (Å²) in [4.78, 5) is 9.23. The standard InChI is InChI=1S/C27H33N5OS/c1-19(2)14-23(28-13-12-21-8-6-5-7-9-21)24-17-34-27(31-24)30-22-10-11-25(26(15-22)33-4)32-16-20(3)29-18-32/h5-11,15-19,23,28H,12-14H2,1-4H3,(H,30,31)/t23-/m0/s1. The molecule has 34 heavy (non-hydrogen) atoms. The molecule has 2 aromatic heterocycles. The molecule has 0 saturated heterocycles. The number of nitrogens with one attached hydrogen (secondary N) is 2. The molecule has 0 aliphatic rings. The molecular formula is C27H33N5OS. The van der Waals surface area contributed by atoms with Crippen molar-refractivity contribution in [2.45, 2.75) is 39.7 Å². The van der Waals surface area contributed by atoms with Crippen LogP contribution in [0, 0.1) is 12.8 Å². The number of aryl methyl sites for hydroxylation is 1. The lowest BCUT2D eigenvalue weighted by Gasteiger charge is -2.19. The topological polar surface area (TPSA) is 64.0 Å². The second-order valence-electron chi connectivity index (χ2n) is 8.88. The fourth-order valence-corrected chi connectivity index (χ4v) is 4.75. The van der Waals surface area contributed by atoms with Crippen LogP contribution in [0.4, 0.5) is 10.8 Å². The number of hydrogen-bond acceptors (Lipinski definition) is 6. The van der Waals surface area contributed by atoms with Gasteiger partial charge >= 0.3 is 0 Å². The normalized spacial score (nSPS) is 12.1. The van der Waals surface area contributed by atoms with Crippen molar-refractivity contribution >= 4 is 22.2 Å². The highest BCUT2D eigenvalue weighted by Gasteiger charge is 2.17. The maximum atomic E-state index is 5.64. The smallest absolute Gasteiger partial charge is 0.187 e. The first-order chi connectivity index (χ1) is 16.5. The van der Waals surface area contributed by atoms with Gasteiger partial charge in [-0.05, 0) is 49.9 Å². The van der Waals surface area contributed by atoms with E-state index in [0.717, 1.165) is 53.0 Å². The molecule has 0 radical (unpaired) electrons. The highest BCUT2D eigenvalue weighted by atomic mass is 32.1. The van der Waals surface area contributed by atoms with Crippen LogP contribution in [0.5, 0.6) is 5.75 Å². The highest BCUT2D eigenvalue weighted by Crippen LogP contribution is 2.31. The Morgan fingerprint density at radius 3 is 2.65 bits per heavy atom. The zero-order chi connectivity index (χ0) is 23.9. The Kier molecular flexibility index (Phi) is 7.98. The Morgan fingerprint density at radius 2 is 1.94 bits per heavy atom. The predicted molar refractivity (Wildman–Crippen MR) is 141 cm³/mol. The van der Waals surface area contributed by atoms with E-state index in [2.05, 4.69) is 65.2 Å². The first-order valence-corrected chi connectivity index (χ1v) is 12.6. The summed E-state index contributed by atoms with van der Waals surface area (Å²) < 4.78 is 7.61. The van der Waals surface area contributed by atoms with Gasteiger partial charge in [-0.2, -0.15) is 0 Å². The van der Waals surface area contributed by atoms with Crippen molar-refractivity contribution in [2.75, 3.05) is 19.0 Å². The first kappa shape index (κ1) is 24.0. The van der Waals surface area contributed by atoms with E-state index in [1.807, 2.05) is 35.9 Å². The molecule has 0 fully saturated rings. The zero-order valence-corrected chi connectivity index (χ0v) is 21.1. The Balaban J connectivity index is 1.44. The van der Waals surface area contributed by atoms with E-state index in [9.17, 15) is 0 Å². The van der Waals surface area contributed by atoms with Gasteiger partial charge in [-0.15, -0.1) is 11.3 Å². The molecule has 6 nitrogen and oxygen atoms in total. The maximum absolute atomic E-state index is 5.64. The lowest BCUT2D eigenvalue weighted by molar-refractivity contribution is 0.413. The van der Waals surface area contributed by atoms with Gasteiger partial charge in [-0.25, -0.2) is 9.97 Å². The summed E-state index contributed by atoms with van der Waals surface area (Å²) >= 11 is 1.63. The Hall–Kier alpha value is -3.16. The number of rotatable bonds is 11. The highest BCUT2D eigenvalue weighted by molar-refractivity contribution is 7.13. The third-order valence-electron chi connectivity index (χ3n) is 5.65. The lowest BCUT2D eigenvalue weighted by atomic mass is 10.0. The first-order valence-electron chi connectivity index (χ1n) is 11.7. The second kappa shape index (κ2) is 11.3. The van der Waals surface area contributed by atoms with Gasteiger partial charge in [-0.1, -0.05) is 44.2 Å². The van der Waals surface area contributed by atoms with Crippen LogP contribution in [-0.4, -0.2) is 28.2 Å². The molecule has 2 aromatic carbocycles. The summed E-state index contributed by atoms with van der Waals surface area (Å²) in [6, 6.07) is 16.9. The van der Waals surface area contributed by atoms with E-state index in [0.29, 0.717) is 5.92 Å². The third kappa shape index (κ3) is 6.24. The molecule has 0 bridgehead atoms. The lowest BCUT2D eigenvalue weighted by Crippen LogP contribution is -2.25. The van der Waals surface area contributed by atoms with Crippen LogP contribution in [-0.2, 0) is 6.42 Å². The van der Waals surface area contributed by atoms with Crippen LogP contribution >= 0.6 is 11.3 Å². The summed E-state index contributed by atoms with van der Waals surface area (Å²) in [6.45, 7) is 7.41. The van der Waals surface area contributed by atoms with Gasteiger partial charge in [0.2, 0.25) is 0 Å². The summed E-state index contributed by atoms with van der Waals surface area (Å²) in [5, 5.41) is 10.2. The van der Waals surface area contributed by atoms with Crippen molar-refractivity contribution < 1.29 is 4.74 Å². The van der Waals surface area contributed by atoms with Crippen LogP contribution in [0.15, 0.2) is 66.4 Å². The number of methoxy groups -OCH3 is 1. The van der Waals surface area contributed by atoms with Gasteiger partial charge in [0.05, 0.1) is 36.6 Å². The van der Waals surface area contributed by atoms with E-state index in [4.69, 9.17) is 9.72 Å². The number of anilines is 2. The van der Waals surface area contributed by atoms with Gasteiger partial charge in [0.1, 0.15) is 5.75 Å². The number of aromatic nitrogens is 3. The van der Waals surface area contributed by atoms with E-state index >= 15 is 0 Å². The molecule has 1 atom stereocenters. The predicted octanol–water partition coefficient (Wildman–Crippen LogP) is 6.31. The molecule has 0 saturated carbocycles. The fraction of sp³-hybridized carbons (Fsp3) is 0.333. The molecular weight excluding hydrogens is 442 g/mol. The van der Waals surface area contributed by atoms with Crippen LogP contribution < -0.4 is 15.4 Å². The number of nitrogens with zero attached hydrogens (tertiary/aromatic N) is 3. The number of benzene rings is 2. The Morgan fingerprint density at radius 1 is 1.12 bits per heavy atom. The van der Waals surface area contributed by atoms with Crippen molar-refractivity contribution in [1.82, 2.24) is 19.9 Å². The molecule has 2 N–H and O–H groups in total. The van der Waals surface area contributed by atoms with Crippen molar-refractivity contribution in [1.29, 1.82) is 0 Å². The average molecular weight is 476 g/mol. The summed E-state index contributed by atoms with van der Waals surface area (Å²) in [5.41, 5.74) is 5.30. The molecule has 178 valence electrons. The van der Waals surface area contributed by atoms with Gasteiger partial charge in [0.25, 0.3) is 0 Å². The molecule has 0 spiro atoms. The molecule has 0 amide bonds. The van der Waals surface area contributed by atoms with Crippen LogP contribution in [0.2, 0.25) is 0 Å². The van der Waals surface area contributed by atoms with E-state index in [1.165, 1.54) is 5.56 Å². The maximum Gasteiger partial charge on any atom is 0.187 e. The molecule has 7 heteroatoms. The molecule has 0 aliphatic carbocycles. The van der Waals surface area contributed by atoms with Crippen molar-refractivity contribution in [3.8, 4) is 11.4 Å². The van der Waals surface area contributed by atoms with Crippen molar-refractivity contribution in [3.63, 3.8) is 0 Å². The van der Waals surface area contributed by atoms with Gasteiger partial charge in [0, 0.05) is 23.3 Å². The summed E-state index contributed by atoms with van der Waals surface area (Å²) in [6.07, 6.45) is 5.84. The van der Waals surface area contributed by atoms with E-state index in [-0.39, 0.29) is 6.04 Å². The van der Waals surface area contributed by atoms with Crippen LogP contribution in [0.1, 0.15) is 43.3 Å². The fourth-order valence-electron chi connectivity index (χ4n) is 3.96. The quantitative estimate of drug-likeness (QED) is 0.266. The summed E-state index contributed by atoms with van der Waals surface area (Å²) in [7, 11) is 1.69. The number of ether oxygens (including phenoxy) is 1. The van der Waals surface area contributed by atoms with Crippen molar-refractivity contribution in [2.24, 2.45) is 5.92 Å². The molecule has 0 unspecified atom stereocenters. The van der Waals surface area contributed by atoms with E-state index < -0.39 is 0 Å². The molecule has 4 rings (SSSR count). The van der Waals surface area contributed by atoms with Crippen LogP contribution in [0.25, 0.3) is 5.69 Å². The number of thiazole rings is 1. The molecule has 2 heterocycles. The second-order valence-corrected chi connectivity index (χ2v) is 9.74. The van der Waals surface area contributed by atoms with Gasteiger partial charge < -0.3 is 19.9 Å². The monoisotopic (exact) mass is 475 g/mol. The largest absolute Gasteiger partial charge is 0.494 e. The van der Waals surface area contributed by atoms with Crippen molar-refractivity contribution in [3.05, 3.63) is 83.4 Å². The van der Waals surface area contributed by atoms with Crippen LogP contribution in [0.3, 0.4) is 0 Å². The molecule has 4 aromatic rings.